The lowest BCUT2D eigenvalue weighted by Crippen LogP contribution is -2.14. The molecule has 0 spiro atoms. The van der Waals surface area contributed by atoms with Gasteiger partial charge in [-0.15, -0.1) is 0 Å². The van der Waals surface area contributed by atoms with E-state index in [4.69, 9.17) is 0 Å². The molecular weight excluding hydrogens is 300 g/mol. The molecule has 0 aliphatic carbocycles. The SMILES string of the molecule is Cc1cccc(C)c1Nc1cnc(C(=O)Nc2ccccc2)cn1. The molecule has 120 valence electrons. The normalized spacial score (nSPS) is 10.2. The molecule has 1 amide bonds. The molecule has 0 fully saturated rings. The average molecular weight is 318 g/mol. The molecule has 0 unspecified atom stereocenters. The minimum atomic E-state index is -0.285. The van der Waals surface area contributed by atoms with E-state index in [0.29, 0.717) is 5.82 Å². The maximum atomic E-state index is 12.2. The van der Waals surface area contributed by atoms with Crippen molar-refractivity contribution in [2.24, 2.45) is 0 Å². The number of rotatable bonds is 4. The highest BCUT2D eigenvalue weighted by molar-refractivity contribution is 6.02. The van der Waals surface area contributed by atoms with Gasteiger partial charge in [-0.05, 0) is 37.1 Å². The van der Waals surface area contributed by atoms with Crippen molar-refractivity contribution in [2.45, 2.75) is 13.8 Å². The predicted octanol–water partition coefficient (Wildman–Crippen LogP) is 4.09. The Hall–Kier alpha value is -3.21. The third-order valence-corrected chi connectivity index (χ3v) is 3.65. The second-order valence-corrected chi connectivity index (χ2v) is 5.50. The molecule has 5 heteroatoms. The predicted molar refractivity (Wildman–Crippen MR) is 95.6 cm³/mol. The molecule has 0 aliphatic rings. The molecule has 3 aromatic rings. The molecule has 1 aromatic heterocycles. The van der Waals surface area contributed by atoms with Gasteiger partial charge in [0.05, 0.1) is 12.4 Å². The molecule has 2 aromatic carbocycles. The lowest BCUT2D eigenvalue weighted by molar-refractivity contribution is 0.102. The molecule has 0 saturated heterocycles. The van der Waals surface area contributed by atoms with Crippen molar-refractivity contribution < 1.29 is 4.79 Å². The number of para-hydroxylation sites is 2. The van der Waals surface area contributed by atoms with Crippen LogP contribution in [0.25, 0.3) is 0 Å². The Morgan fingerprint density at radius 1 is 0.875 bits per heavy atom. The van der Waals surface area contributed by atoms with Crippen LogP contribution >= 0.6 is 0 Å². The third-order valence-electron chi connectivity index (χ3n) is 3.65. The summed E-state index contributed by atoms with van der Waals surface area (Å²) in [6.07, 6.45) is 3.03. The number of anilines is 3. The van der Waals surface area contributed by atoms with Crippen molar-refractivity contribution in [1.82, 2.24) is 9.97 Å². The van der Waals surface area contributed by atoms with Crippen LogP contribution in [0.5, 0.6) is 0 Å². The van der Waals surface area contributed by atoms with E-state index in [9.17, 15) is 4.79 Å². The Bertz CT molecular complexity index is 825. The van der Waals surface area contributed by atoms with Crippen LogP contribution in [-0.2, 0) is 0 Å². The lowest BCUT2D eigenvalue weighted by Gasteiger charge is -2.11. The summed E-state index contributed by atoms with van der Waals surface area (Å²) < 4.78 is 0. The largest absolute Gasteiger partial charge is 0.339 e. The van der Waals surface area contributed by atoms with Crippen LogP contribution < -0.4 is 10.6 Å². The fourth-order valence-electron chi connectivity index (χ4n) is 2.37. The summed E-state index contributed by atoms with van der Waals surface area (Å²) in [4.78, 5) is 20.6. The minimum absolute atomic E-state index is 0.269. The van der Waals surface area contributed by atoms with Crippen LogP contribution in [0.1, 0.15) is 21.6 Å². The second-order valence-electron chi connectivity index (χ2n) is 5.50. The van der Waals surface area contributed by atoms with Gasteiger partial charge < -0.3 is 10.6 Å². The first-order chi connectivity index (χ1) is 11.6. The lowest BCUT2D eigenvalue weighted by atomic mass is 10.1. The van der Waals surface area contributed by atoms with Gasteiger partial charge in [-0.3, -0.25) is 4.79 Å². The Morgan fingerprint density at radius 2 is 1.58 bits per heavy atom. The van der Waals surface area contributed by atoms with Crippen molar-refractivity contribution in [1.29, 1.82) is 0 Å². The molecule has 0 aliphatic heterocycles. The van der Waals surface area contributed by atoms with E-state index >= 15 is 0 Å². The topological polar surface area (TPSA) is 66.9 Å². The number of aromatic nitrogens is 2. The molecule has 2 N–H and O–H groups in total. The summed E-state index contributed by atoms with van der Waals surface area (Å²) in [6, 6.07) is 15.3. The van der Waals surface area contributed by atoms with Gasteiger partial charge in [0.25, 0.3) is 5.91 Å². The first-order valence-corrected chi connectivity index (χ1v) is 7.65. The van der Waals surface area contributed by atoms with Gasteiger partial charge in [0.15, 0.2) is 0 Å². The molecular formula is C19H18N4O. The van der Waals surface area contributed by atoms with Crippen molar-refractivity contribution >= 4 is 23.1 Å². The molecule has 24 heavy (non-hydrogen) atoms. The van der Waals surface area contributed by atoms with E-state index in [1.807, 2.05) is 62.4 Å². The highest BCUT2D eigenvalue weighted by atomic mass is 16.1. The fraction of sp³-hybridized carbons (Fsp3) is 0.105. The van der Waals surface area contributed by atoms with Gasteiger partial charge in [0.2, 0.25) is 0 Å². The number of nitrogens with one attached hydrogen (secondary N) is 2. The third kappa shape index (κ3) is 3.57. The van der Waals surface area contributed by atoms with E-state index in [-0.39, 0.29) is 11.6 Å². The molecule has 0 atom stereocenters. The maximum Gasteiger partial charge on any atom is 0.275 e. The average Bonchev–Trinajstić information content (AvgIpc) is 2.60. The van der Waals surface area contributed by atoms with Gasteiger partial charge >= 0.3 is 0 Å². The van der Waals surface area contributed by atoms with Crippen LogP contribution in [0.2, 0.25) is 0 Å². The number of benzene rings is 2. The molecule has 1 heterocycles. The van der Waals surface area contributed by atoms with Crippen LogP contribution in [0, 0.1) is 13.8 Å². The molecule has 5 nitrogen and oxygen atoms in total. The van der Waals surface area contributed by atoms with E-state index < -0.39 is 0 Å². The summed E-state index contributed by atoms with van der Waals surface area (Å²) in [6.45, 7) is 4.06. The first-order valence-electron chi connectivity index (χ1n) is 7.65. The summed E-state index contributed by atoms with van der Waals surface area (Å²) in [5, 5.41) is 6.03. The molecule has 0 radical (unpaired) electrons. The highest BCUT2D eigenvalue weighted by Crippen LogP contribution is 2.22. The van der Waals surface area contributed by atoms with Crippen molar-refractivity contribution in [3.05, 3.63) is 77.7 Å². The number of nitrogens with zero attached hydrogens (tertiary/aromatic N) is 2. The molecule has 3 rings (SSSR count). The zero-order valence-corrected chi connectivity index (χ0v) is 13.6. The van der Waals surface area contributed by atoms with Crippen molar-refractivity contribution in [3.63, 3.8) is 0 Å². The number of carbonyl (C=O) groups excluding carboxylic acids is 1. The second kappa shape index (κ2) is 6.91. The van der Waals surface area contributed by atoms with Crippen LogP contribution in [0.4, 0.5) is 17.2 Å². The van der Waals surface area contributed by atoms with Gasteiger partial charge in [-0.1, -0.05) is 36.4 Å². The number of carbonyl (C=O) groups is 1. The number of hydrogen-bond acceptors (Lipinski definition) is 4. The van der Waals surface area contributed by atoms with E-state index in [0.717, 1.165) is 22.5 Å². The van der Waals surface area contributed by atoms with E-state index in [1.165, 1.54) is 6.20 Å². The zero-order valence-electron chi connectivity index (χ0n) is 13.6. The Balaban J connectivity index is 1.72. The van der Waals surface area contributed by atoms with Crippen molar-refractivity contribution in [2.75, 3.05) is 10.6 Å². The standard InChI is InChI=1S/C19H18N4O/c1-13-7-6-8-14(2)18(13)23-17-12-20-16(11-21-17)19(24)22-15-9-4-3-5-10-15/h3-12H,1-2H3,(H,21,23)(H,22,24). The zero-order chi connectivity index (χ0) is 16.9. The summed E-state index contributed by atoms with van der Waals surface area (Å²) in [7, 11) is 0. The van der Waals surface area contributed by atoms with Crippen LogP contribution in [0.3, 0.4) is 0 Å². The number of aryl methyl sites for hydroxylation is 2. The van der Waals surface area contributed by atoms with Crippen LogP contribution in [0.15, 0.2) is 60.9 Å². The van der Waals surface area contributed by atoms with Gasteiger partial charge in [-0.25, -0.2) is 9.97 Å². The Morgan fingerprint density at radius 3 is 2.21 bits per heavy atom. The fourth-order valence-corrected chi connectivity index (χ4v) is 2.37. The highest BCUT2D eigenvalue weighted by Gasteiger charge is 2.09. The summed E-state index contributed by atoms with van der Waals surface area (Å²) >= 11 is 0. The first kappa shape index (κ1) is 15.7. The van der Waals surface area contributed by atoms with Gasteiger partial charge in [0, 0.05) is 11.4 Å². The molecule has 0 bridgehead atoms. The summed E-state index contributed by atoms with van der Waals surface area (Å²) in [5.74, 6) is 0.316. The maximum absolute atomic E-state index is 12.2. The van der Waals surface area contributed by atoms with Gasteiger partial charge in [-0.2, -0.15) is 0 Å². The van der Waals surface area contributed by atoms with E-state index in [2.05, 4.69) is 20.6 Å². The Labute approximate surface area is 140 Å². The minimum Gasteiger partial charge on any atom is -0.339 e. The molecule has 0 saturated carbocycles. The monoisotopic (exact) mass is 318 g/mol. The summed E-state index contributed by atoms with van der Waals surface area (Å²) in [5.41, 5.74) is 4.26. The van der Waals surface area contributed by atoms with E-state index in [1.54, 1.807) is 6.20 Å². The Kier molecular flexibility index (Phi) is 4.52. The van der Waals surface area contributed by atoms with Crippen molar-refractivity contribution in [3.8, 4) is 0 Å². The quantitative estimate of drug-likeness (QED) is 0.760. The van der Waals surface area contributed by atoms with Gasteiger partial charge in [0.1, 0.15) is 11.5 Å². The van der Waals surface area contributed by atoms with Crippen LogP contribution in [-0.4, -0.2) is 15.9 Å². The number of amides is 1. The smallest absolute Gasteiger partial charge is 0.275 e. The number of hydrogen-bond donors (Lipinski definition) is 2.